The molecule has 2 amide bonds. The third-order valence-electron chi connectivity index (χ3n) is 3.69. The van der Waals surface area contributed by atoms with Crippen LogP contribution in [0, 0.1) is 6.92 Å². The monoisotopic (exact) mass is 331 g/mol. The highest BCUT2D eigenvalue weighted by molar-refractivity contribution is 6.30. The standard InChI is InChI=1S/C18H22ClN3O/c1-4-22(5-2)16-9-7-15(8-10-16)20-18(23)21-17-11-6-14(19)12-13(17)3/h6-12H,4-5H2,1-3H3,(H2,20,21,23). The van der Waals surface area contributed by atoms with Crippen molar-refractivity contribution in [3.63, 3.8) is 0 Å². The second-order valence-corrected chi connectivity index (χ2v) is 5.69. The van der Waals surface area contributed by atoms with Gasteiger partial charge in [-0.1, -0.05) is 11.6 Å². The second-order valence-electron chi connectivity index (χ2n) is 5.26. The fraction of sp³-hybridized carbons (Fsp3) is 0.278. The quantitative estimate of drug-likeness (QED) is 0.796. The molecule has 0 spiro atoms. The topological polar surface area (TPSA) is 44.4 Å². The summed E-state index contributed by atoms with van der Waals surface area (Å²) in [6.45, 7) is 8.06. The molecule has 0 aliphatic rings. The fourth-order valence-corrected chi connectivity index (χ4v) is 2.62. The van der Waals surface area contributed by atoms with E-state index >= 15 is 0 Å². The van der Waals surface area contributed by atoms with Crippen molar-refractivity contribution >= 4 is 34.7 Å². The molecule has 0 aliphatic carbocycles. The molecule has 4 nitrogen and oxygen atoms in total. The van der Waals surface area contributed by atoms with Gasteiger partial charge in [0, 0.05) is 35.2 Å². The van der Waals surface area contributed by atoms with Crippen LogP contribution >= 0.6 is 11.6 Å². The Bertz CT molecular complexity index is 666. The highest BCUT2D eigenvalue weighted by Gasteiger charge is 2.06. The Morgan fingerprint density at radius 3 is 2.26 bits per heavy atom. The maximum atomic E-state index is 12.1. The summed E-state index contributed by atoms with van der Waals surface area (Å²) in [4.78, 5) is 14.3. The smallest absolute Gasteiger partial charge is 0.323 e. The van der Waals surface area contributed by atoms with Gasteiger partial charge in [0.1, 0.15) is 0 Å². The number of urea groups is 1. The van der Waals surface area contributed by atoms with Gasteiger partial charge in [-0.05, 0) is 68.8 Å². The highest BCUT2D eigenvalue weighted by Crippen LogP contribution is 2.21. The van der Waals surface area contributed by atoms with Crippen LogP contribution in [0.25, 0.3) is 0 Å². The Morgan fingerprint density at radius 2 is 1.70 bits per heavy atom. The molecule has 2 aromatic carbocycles. The Morgan fingerprint density at radius 1 is 1.04 bits per heavy atom. The van der Waals surface area contributed by atoms with Crippen LogP contribution in [-0.2, 0) is 0 Å². The number of rotatable bonds is 5. The number of nitrogens with one attached hydrogen (secondary N) is 2. The molecule has 0 bridgehead atoms. The van der Waals surface area contributed by atoms with E-state index in [0.29, 0.717) is 5.02 Å². The predicted octanol–water partition coefficient (Wildman–Crippen LogP) is 5.14. The van der Waals surface area contributed by atoms with Crippen LogP contribution in [0.1, 0.15) is 19.4 Å². The van der Waals surface area contributed by atoms with E-state index in [-0.39, 0.29) is 6.03 Å². The minimum absolute atomic E-state index is 0.272. The van der Waals surface area contributed by atoms with Crippen molar-refractivity contribution in [2.24, 2.45) is 0 Å². The lowest BCUT2D eigenvalue weighted by molar-refractivity contribution is 0.262. The van der Waals surface area contributed by atoms with E-state index < -0.39 is 0 Å². The van der Waals surface area contributed by atoms with Crippen molar-refractivity contribution in [3.05, 3.63) is 53.1 Å². The van der Waals surface area contributed by atoms with E-state index in [2.05, 4.69) is 29.4 Å². The summed E-state index contributed by atoms with van der Waals surface area (Å²) in [7, 11) is 0. The van der Waals surface area contributed by atoms with Gasteiger partial charge in [-0.15, -0.1) is 0 Å². The fourth-order valence-electron chi connectivity index (χ4n) is 2.40. The molecular formula is C18H22ClN3O. The predicted molar refractivity (Wildman–Crippen MR) is 98.8 cm³/mol. The van der Waals surface area contributed by atoms with Crippen LogP contribution in [-0.4, -0.2) is 19.1 Å². The first-order chi connectivity index (χ1) is 11.0. The number of carbonyl (C=O) groups excluding carboxylic acids is 1. The third kappa shape index (κ3) is 4.63. The van der Waals surface area contributed by atoms with Gasteiger partial charge in [-0.25, -0.2) is 4.79 Å². The van der Waals surface area contributed by atoms with Crippen molar-refractivity contribution in [1.82, 2.24) is 0 Å². The molecular weight excluding hydrogens is 310 g/mol. The lowest BCUT2D eigenvalue weighted by atomic mass is 10.2. The van der Waals surface area contributed by atoms with Gasteiger partial charge >= 0.3 is 6.03 Å². The largest absolute Gasteiger partial charge is 0.372 e. The molecule has 0 heterocycles. The van der Waals surface area contributed by atoms with E-state index in [0.717, 1.165) is 35.7 Å². The van der Waals surface area contributed by atoms with Gasteiger partial charge < -0.3 is 15.5 Å². The summed E-state index contributed by atoms with van der Waals surface area (Å²) in [5, 5.41) is 6.31. The lowest BCUT2D eigenvalue weighted by Gasteiger charge is -2.21. The van der Waals surface area contributed by atoms with Crippen molar-refractivity contribution < 1.29 is 4.79 Å². The third-order valence-corrected chi connectivity index (χ3v) is 3.93. The summed E-state index contributed by atoms with van der Waals surface area (Å²) < 4.78 is 0. The molecule has 2 aromatic rings. The van der Waals surface area contributed by atoms with E-state index in [1.807, 2.05) is 37.3 Å². The van der Waals surface area contributed by atoms with Gasteiger partial charge in [0.05, 0.1) is 0 Å². The van der Waals surface area contributed by atoms with Crippen molar-refractivity contribution in [3.8, 4) is 0 Å². The van der Waals surface area contributed by atoms with Crippen LogP contribution in [0.2, 0.25) is 5.02 Å². The number of aryl methyl sites for hydroxylation is 1. The zero-order valence-corrected chi connectivity index (χ0v) is 14.4. The van der Waals surface area contributed by atoms with Crippen LogP contribution in [0.4, 0.5) is 21.9 Å². The van der Waals surface area contributed by atoms with E-state index in [1.165, 1.54) is 0 Å². The number of nitrogens with zero attached hydrogens (tertiary/aromatic N) is 1. The molecule has 0 saturated heterocycles. The number of hydrogen-bond donors (Lipinski definition) is 2. The molecule has 122 valence electrons. The van der Waals surface area contributed by atoms with Gasteiger partial charge in [0.15, 0.2) is 0 Å². The number of benzene rings is 2. The van der Waals surface area contributed by atoms with Gasteiger partial charge in [-0.3, -0.25) is 0 Å². The molecule has 0 unspecified atom stereocenters. The first-order valence-electron chi connectivity index (χ1n) is 7.72. The van der Waals surface area contributed by atoms with Crippen molar-refractivity contribution in [2.75, 3.05) is 28.6 Å². The maximum absolute atomic E-state index is 12.1. The first-order valence-corrected chi connectivity index (χ1v) is 8.10. The average molecular weight is 332 g/mol. The zero-order valence-electron chi connectivity index (χ0n) is 13.7. The number of hydrogen-bond acceptors (Lipinski definition) is 2. The second kappa shape index (κ2) is 7.88. The average Bonchev–Trinajstić information content (AvgIpc) is 2.53. The molecule has 2 N–H and O–H groups in total. The Kier molecular flexibility index (Phi) is 5.88. The molecule has 23 heavy (non-hydrogen) atoms. The van der Waals surface area contributed by atoms with E-state index in [1.54, 1.807) is 12.1 Å². The van der Waals surface area contributed by atoms with E-state index in [9.17, 15) is 4.79 Å². The number of carbonyl (C=O) groups is 1. The zero-order chi connectivity index (χ0) is 16.8. The number of anilines is 3. The summed E-state index contributed by atoms with van der Waals surface area (Å²) >= 11 is 5.92. The summed E-state index contributed by atoms with van der Waals surface area (Å²) in [6, 6.07) is 12.9. The summed E-state index contributed by atoms with van der Waals surface area (Å²) in [6.07, 6.45) is 0. The van der Waals surface area contributed by atoms with Gasteiger partial charge in [0.25, 0.3) is 0 Å². The highest BCUT2D eigenvalue weighted by atomic mass is 35.5. The molecule has 2 rings (SSSR count). The Hall–Kier alpha value is -2.20. The van der Waals surface area contributed by atoms with Crippen LogP contribution in [0.5, 0.6) is 0 Å². The van der Waals surface area contributed by atoms with Crippen LogP contribution in [0.3, 0.4) is 0 Å². The normalized spacial score (nSPS) is 10.3. The molecule has 0 radical (unpaired) electrons. The molecule has 5 heteroatoms. The SMILES string of the molecule is CCN(CC)c1ccc(NC(=O)Nc2ccc(Cl)cc2C)cc1. The first kappa shape index (κ1) is 17.2. The summed E-state index contributed by atoms with van der Waals surface area (Å²) in [5.74, 6) is 0. The molecule has 0 aliphatic heterocycles. The minimum atomic E-state index is -0.272. The molecule has 0 atom stereocenters. The Labute approximate surface area is 142 Å². The van der Waals surface area contributed by atoms with Gasteiger partial charge in [-0.2, -0.15) is 0 Å². The molecule has 0 fully saturated rings. The van der Waals surface area contributed by atoms with Gasteiger partial charge in [0.2, 0.25) is 0 Å². The Balaban J connectivity index is 2.00. The molecule has 0 aromatic heterocycles. The van der Waals surface area contributed by atoms with Crippen molar-refractivity contribution in [1.29, 1.82) is 0 Å². The maximum Gasteiger partial charge on any atom is 0.323 e. The van der Waals surface area contributed by atoms with Crippen molar-refractivity contribution in [2.45, 2.75) is 20.8 Å². The van der Waals surface area contributed by atoms with Crippen LogP contribution in [0.15, 0.2) is 42.5 Å². The minimum Gasteiger partial charge on any atom is -0.372 e. The van der Waals surface area contributed by atoms with E-state index in [4.69, 9.17) is 11.6 Å². The van der Waals surface area contributed by atoms with Crippen LogP contribution < -0.4 is 15.5 Å². The number of halogens is 1. The lowest BCUT2D eigenvalue weighted by Crippen LogP contribution is -2.22. The molecule has 0 saturated carbocycles. The number of amides is 2. The summed E-state index contributed by atoms with van der Waals surface area (Å²) in [5.41, 5.74) is 3.57.